The summed E-state index contributed by atoms with van der Waals surface area (Å²) in [5.74, 6) is -0.348. The van der Waals surface area contributed by atoms with Crippen LogP contribution in [0.2, 0.25) is 18.1 Å². The van der Waals surface area contributed by atoms with Crippen molar-refractivity contribution in [3.63, 3.8) is 0 Å². The molecule has 2 aliphatic rings. The molecule has 3 aromatic rings. The molecule has 2 unspecified atom stereocenters. The second-order valence-corrected chi connectivity index (χ2v) is 17.4. The third-order valence-electron chi connectivity index (χ3n) is 9.69. The standard InChI is InChI=1S/C30H37N3O5Si/c1-9-30(38-28(36)31-6)20-15-22-24-19(14-18-12-10-11-13-21(18)32-24)16-33(22)25(34)23(20)26(37-27(30)35)39(7,8)29(4,5)17(2)3/h10-15,17,26H,9,16H2,1-8H3,(H,31,36). The number of amides is 1. The zero-order chi connectivity index (χ0) is 28.5. The minimum atomic E-state index is -2.52. The normalized spacial score (nSPS) is 20.3. The Hall–Kier alpha value is -3.46. The molecule has 0 saturated carbocycles. The van der Waals surface area contributed by atoms with Gasteiger partial charge in [0.2, 0.25) is 5.60 Å². The highest BCUT2D eigenvalue weighted by Gasteiger charge is 2.59. The van der Waals surface area contributed by atoms with Crippen molar-refractivity contribution < 1.29 is 19.1 Å². The molecule has 9 heteroatoms. The minimum absolute atomic E-state index is 0.120. The molecule has 0 radical (unpaired) electrons. The fraction of sp³-hybridized carbons (Fsp3) is 0.467. The van der Waals surface area contributed by atoms with Crippen LogP contribution in [0.3, 0.4) is 0 Å². The van der Waals surface area contributed by atoms with Gasteiger partial charge in [0.25, 0.3) is 5.56 Å². The fourth-order valence-electron chi connectivity index (χ4n) is 5.95. The monoisotopic (exact) mass is 547 g/mol. The van der Waals surface area contributed by atoms with Gasteiger partial charge in [0.1, 0.15) is 13.8 Å². The molecule has 0 fully saturated rings. The first-order valence-electron chi connectivity index (χ1n) is 13.6. The molecule has 39 heavy (non-hydrogen) atoms. The van der Waals surface area contributed by atoms with Crippen molar-refractivity contribution in [3.8, 4) is 11.4 Å². The third-order valence-corrected chi connectivity index (χ3v) is 15.3. The molecular formula is C30H37N3O5Si. The molecule has 1 N–H and O–H groups in total. The van der Waals surface area contributed by atoms with Crippen LogP contribution in [0.5, 0.6) is 0 Å². The van der Waals surface area contributed by atoms with Gasteiger partial charge in [0.05, 0.1) is 29.0 Å². The predicted octanol–water partition coefficient (Wildman–Crippen LogP) is 5.67. The molecule has 1 aromatic carbocycles. The second-order valence-electron chi connectivity index (χ2n) is 12.1. The Morgan fingerprint density at radius 3 is 2.59 bits per heavy atom. The second kappa shape index (κ2) is 9.04. The number of esters is 1. The Morgan fingerprint density at radius 2 is 1.95 bits per heavy atom. The number of benzene rings is 1. The number of nitrogens with zero attached hydrogens (tertiary/aromatic N) is 2. The molecule has 0 spiro atoms. The Morgan fingerprint density at radius 1 is 1.26 bits per heavy atom. The largest absolute Gasteiger partial charge is 0.458 e. The van der Waals surface area contributed by atoms with Crippen molar-refractivity contribution in [2.75, 3.05) is 7.05 Å². The number of fused-ring (bicyclic) bond motifs is 5. The lowest BCUT2D eigenvalue weighted by Crippen LogP contribution is -2.57. The van der Waals surface area contributed by atoms with Crippen LogP contribution in [0.15, 0.2) is 41.2 Å². The number of pyridine rings is 2. The molecular weight excluding hydrogens is 510 g/mol. The minimum Gasteiger partial charge on any atom is -0.458 e. The van der Waals surface area contributed by atoms with E-state index in [2.05, 4.69) is 52.2 Å². The summed E-state index contributed by atoms with van der Waals surface area (Å²) in [6, 6.07) is 11.7. The van der Waals surface area contributed by atoms with E-state index in [4.69, 9.17) is 14.5 Å². The van der Waals surface area contributed by atoms with Gasteiger partial charge < -0.3 is 19.4 Å². The van der Waals surface area contributed by atoms with Crippen LogP contribution in [0.1, 0.15) is 63.5 Å². The number of nitrogens with one attached hydrogen (secondary N) is 1. The Bertz CT molecular complexity index is 1570. The maximum absolute atomic E-state index is 14.5. The third kappa shape index (κ3) is 3.77. The quantitative estimate of drug-likeness (QED) is 0.255. The zero-order valence-electron chi connectivity index (χ0n) is 24.0. The Balaban J connectivity index is 1.83. The molecule has 5 rings (SSSR count). The summed E-state index contributed by atoms with van der Waals surface area (Å²) in [6.45, 7) is 15.2. The number of carbonyl (C=O) groups excluding carboxylic acids is 2. The zero-order valence-corrected chi connectivity index (χ0v) is 25.0. The number of ether oxygens (including phenoxy) is 2. The van der Waals surface area contributed by atoms with E-state index in [1.54, 1.807) is 11.5 Å². The van der Waals surface area contributed by atoms with Crippen LogP contribution in [0, 0.1) is 5.92 Å². The van der Waals surface area contributed by atoms with Crippen molar-refractivity contribution >= 4 is 31.0 Å². The molecule has 0 aliphatic carbocycles. The van der Waals surface area contributed by atoms with Gasteiger partial charge >= 0.3 is 12.1 Å². The molecule has 2 aliphatic heterocycles. The highest BCUT2D eigenvalue weighted by molar-refractivity contribution is 6.81. The summed E-state index contributed by atoms with van der Waals surface area (Å²) < 4.78 is 13.8. The average molecular weight is 548 g/mol. The average Bonchev–Trinajstić information content (AvgIpc) is 3.26. The van der Waals surface area contributed by atoms with Crippen molar-refractivity contribution in [2.45, 2.75) is 77.0 Å². The van der Waals surface area contributed by atoms with E-state index in [1.807, 2.05) is 30.3 Å². The summed E-state index contributed by atoms with van der Waals surface area (Å²) in [6.07, 6.45) is -0.641. The van der Waals surface area contributed by atoms with Crippen LogP contribution in [0.4, 0.5) is 4.79 Å². The number of aromatic nitrogens is 2. The number of hydrogen-bond acceptors (Lipinski definition) is 6. The summed E-state index contributed by atoms with van der Waals surface area (Å²) in [7, 11) is -1.08. The summed E-state index contributed by atoms with van der Waals surface area (Å²) in [4.78, 5) is 45.9. The molecule has 2 aromatic heterocycles. The number of alkyl carbamates (subject to hydrolysis) is 1. The molecule has 4 heterocycles. The van der Waals surface area contributed by atoms with Crippen LogP contribution < -0.4 is 10.9 Å². The van der Waals surface area contributed by atoms with Gasteiger partial charge in [0, 0.05) is 23.6 Å². The number of carbonyl (C=O) groups is 2. The van der Waals surface area contributed by atoms with Gasteiger partial charge in [-0.25, -0.2) is 14.6 Å². The van der Waals surface area contributed by atoms with Gasteiger partial charge in [-0.2, -0.15) is 0 Å². The van der Waals surface area contributed by atoms with Gasteiger partial charge in [0.15, 0.2) is 0 Å². The summed E-state index contributed by atoms with van der Waals surface area (Å²) >= 11 is 0. The van der Waals surface area contributed by atoms with Crippen molar-refractivity contribution in [2.24, 2.45) is 5.92 Å². The number of rotatable bonds is 5. The smallest absolute Gasteiger partial charge is 0.408 e. The molecule has 8 nitrogen and oxygen atoms in total. The Kier molecular flexibility index (Phi) is 6.29. The van der Waals surface area contributed by atoms with E-state index in [9.17, 15) is 14.4 Å². The maximum Gasteiger partial charge on any atom is 0.408 e. The van der Waals surface area contributed by atoms with Gasteiger partial charge in [-0.15, -0.1) is 0 Å². The van der Waals surface area contributed by atoms with E-state index in [1.165, 1.54) is 7.05 Å². The van der Waals surface area contributed by atoms with E-state index in [0.717, 1.165) is 16.5 Å². The van der Waals surface area contributed by atoms with E-state index >= 15 is 0 Å². The lowest BCUT2D eigenvalue weighted by Gasteiger charge is -2.50. The molecule has 206 valence electrons. The van der Waals surface area contributed by atoms with Gasteiger partial charge in [-0.05, 0) is 35.6 Å². The first kappa shape index (κ1) is 27.1. The van der Waals surface area contributed by atoms with Crippen molar-refractivity contribution in [3.05, 3.63) is 63.4 Å². The first-order valence-corrected chi connectivity index (χ1v) is 16.7. The van der Waals surface area contributed by atoms with E-state index < -0.39 is 31.5 Å². The highest BCUT2D eigenvalue weighted by Crippen LogP contribution is 2.54. The number of hydrogen-bond donors (Lipinski definition) is 1. The number of cyclic esters (lactones) is 1. The van der Waals surface area contributed by atoms with Crippen LogP contribution in [-0.2, 0) is 26.4 Å². The maximum atomic E-state index is 14.5. The first-order chi connectivity index (χ1) is 18.3. The SMILES string of the molecule is CCC1(OC(=O)NC)C(=O)OC([Si](C)(C)C(C)(C)C(C)C)c2c1cc1n(c2=O)Cc2cc3ccccc3nc2-1. The lowest BCUT2D eigenvalue weighted by molar-refractivity contribution is -0.174. The Labute approximate surface area is 229 Å². The predicted molar refractivity (Wildman–Crippen MR) is 153 cm³/mol. The molecule has 1 amide bonds. The topological polar surface area (TPSA) is 99.5 Å². The van der Waals surface area contributed by atoms with Crippen molar-refractivity contribution in [1.82, 2.24) is 14.9 Å². The van der Waals surface area contributed by atoms with Crippen LogP contribution in [0.25, 0.3) is 22.3 Å². The number of para-hydroxylation sites is 1. The highest BCUT2D eigenvalue weighted by atomic mass is 28.3. The van der Waals surface area contributed by atoms with Crippen molar-refractivity contribution in [1.29, 1.82) is 0 Å². The van der Waals surface area contributed by atoms with E-state index in [-0.39, 0.29) is 17.0 Å². The van der Waals surface area contributed by atoms with Crippen LogP contribution in [-0.4, -0.2) is 36.7 Å². The lowest BCUT2D eigenvalue weighted by atomic mass is 9.85. The fourth-order valence-corrected chi connectivity index (χ4v) is 9.52. The van der Waals surface area contributed by atoms with Crippen LogP contribution >= 0.6 is 0 Å². The van der Waals surface area contributed by atoms with Gasteiger partial charge in [-0.3, -0.25) is 4.79 Å². The molecule has 0 bridgehead atoms. The summed E-state index contributed by atoms with van der Waals surface area (Å²) in [5.41, 5.74) is 1.25. The van der Waals surface area contributed by atoms with E-state index in [0.29, 0.717) is 35.0 Å². The van der Waals surface area contributed by atoms with Gasteiger partial charge in [-0.1, -0.05) is 65.9 Å². The summed E-state index contributed by atoms with van der Waals surface area (Å²) in [5, 5.41) is 3.27. The molecule has 2 atom stereocenters. The molecule has 0 saturated heterocycles.